The third-order valence-corrected chi connectivity index (χ3v) is 4.61. The molecule has 138 valence electrons. The first-order valence-corrected chi connectivity index (χ1v) is 8.58. The SMILES string of the molecule is CC1CC(O)(C#Cc2ccc3c(c2)-n2nc(C(N)=O)cc2CCO3)C(=O)N1. The number of aliphatic hydroxyl groups is 1. The van der Waals surface area contributed by atoms with Crippen molar-refractivity contribution in [1.29, 1.82) is 0 Å². The van der Waals surface area contributed by atoms with E-state index in [0.717, 1.165) is 5.69 Å². The fraction of sp³-hybridized carbons (Fsp3) is 0.316. The molecule has 0 radical (unpaired) electrons. The molecule has 0 bridgehead atoms. The molecule has 1 fully saturated rings. The highest BCUT2D eigenvalue weighted by molar-refractivity contribution is 5.91. The van der Waals surface area contributed by atoms with Gasteiger partial charge in [0, 0.05) is 30.1 Å². The van der Waals surface area contributed by atoms with Gasteiger partial charge in [0.25, 0.3) is 11.8 Å². The van der Waals surface area contributed by atoms with E-state index < -0.39 is 17.4 Å². The monoisotopic (exact) mass is 366 g/mol. The zero-order chi connectivity index (χ0) is 19.2. The molecule has 0 saturated carbocycles. The normalized spacial score (nSPS) is 23.2. The number of nitrogens with two attached hydrogens (primary N) is 1. The first kappa shape index (κ1) is 17.1. The molecule has 2 aromatic rings. The van der Waals surface area contributed by atoms with Crippen LogP contribution in [0.5, 0.6) is 5.75 Å². The van der Waals surface area contributed by atoms with Crippen molar-refractivity contribution in [2.24, 2.45) is 5.73 Å². The molecule has 2 unspecified atom stereocenters. The van der Waals surface area contributed by atoms with Gasteiger partial charge in [0.15, 0.2) is 5.69 Å². The fourth-order valence-electron chi connectivity index (χ4n) is 3.29. The first-order chi connectivity index (χ1) is 12.9. The topological polar surface area (TPSA) is 119 Å². The lowest BCUT2D eigenvalue weighted by Crippen LogP contribution is -2.36. The maximum atomic E-state index is 11.9. The molecule has 1 saturated heterocycles. The smallest absolute Gasteiger partial charge is 0.269 e. The summed E-state index contributed by atoms with van der Waals surface area (Å²) in [6, 6.07) is 6.76. The van der Waals surface area contributed by atoms with E-state index >= 15 is 0 Å². The number of carbonyl (C=O) groups excluding carboxylic acids is 2. The minimum atomic E-state index is -1.70. The first-order valence-electron chi connectivity index (χ1n) is 8.58. The minimum Gasteiger partial charge on any atom is -0.491 e. The average Bonchev–Trinajstić information content (AvgIpc) is 3.10. The highest BCUT2D eigenvalue weighted by Crippen LogP contribution is 2.29. The highest BCUT2D eigenvalue weighted by atomic mass is 16.5. The summed E-state index contributed by atoms with van der Waals surface area (Å²) in [5.74, 6) is 5.05. The van der Waals surface area contributed by atoms with Gasteiger partial charge < -0.3 is 20.9 Å². The van der Waals surface area contributed by atoms with Gasteiger partial charge in [0.2, 0.25) is 5.60 Å². The van der Waals surface area contributed by atoms with Gasteiger partial charge in [-0.15, -0.1) is 0 Å². The number of hydrogen-bond acceptors (Lipinski definition) is 5. The van der Waals surface area contributed by atoms with Gasteiger partial charge >= 0.3 is 0 Å². The van der Waals surface area contributed by atoms with E-state index in [-0.39, 0.29) is 18.2 Å². The highest BCUT2D eigenvalue weighted by Gasteiger charge is 2.42. The Morgan fingerprint density at radius 2 is 2.30 bits per heavy atom. The lowest BCUT2D eigenvalue weighted by atomic mass is 10.0. The van der Waals surface area contributed by atoms with Gasteiger partial charge in [-0.3, -0.25) is 9.59 Å². The lowest BCUT2D eigenvalue weighted by Gasteiger charge is -2.11. The molecule has 27 heavy (non-hydrogen) atoms. The Balaban J connectivity index is 1.74. The van der Waals surface area contributed by atoms with E-state index in [9.17, 15) is 14.7 Å². The molecular formula is C19H18N4O4. The molecule has 2 amide bonds. The molecule has 2 aliphatic rings. The number of hydrogen-bond donors (Lipinski definition) is 3. The summed E-state index contributed by atoms with van der Waals surface area (Å²) in [6.07, 6.45) is 0.811. The third kappa shape index (κ3) is 3.02. The third-order valence-electron chi connectivity index (χ3n) is 4.61. The predicted octanol–water partition coefficient (Wildman–Crippen LogP) is -0.103. The van der Waals surface area contributed by atoms with Crippen LogP contribution in [0.3, 0.4) is 0 Å². The van der Waals surface area contributed by atoms with Crippen LogP contribution in [0, 0.1) is 11.8 Å². The van der Waals surface area contributed by atoms with Crippen molar-refractivity contribution < 1.29 is 19.4 Å². The van der Waals surface area contributed by atoms with E-state index in [1.807, 2.05) is 6.92 Å². The number of fused-ring (bicyclic) bond motifs is 3. The molecule has 0 spiro atoms. The Morgan fingerprint density at radius 1 is 1.48 bits per heavy atom. The number of primary amides is 1. The van der Waals surface area contributed by atoms with Crippen LogP contribution in [0.4, 0.5) is 0 Å². The van der Waals surface area contributed by atoms with Crippen LogP contribution in [0.2, 0.25) is 0 Å². The quantitative estimate of drug-likeness (QED) is 0.609. The van der Waals surface area contributed by atoms with Crippen molar-refractivity contribution in [2.45, 2.75) is 31.4 Å². The molecule has 2 atom stereocenters. The van der Waals surface area contributed by atoms with Crippen LogP contribution >= 0.6 is 0 Å². The van der Waals surface area contributed by atoms with E-state index in [0.29, 0.717) is 30.0 Å². The summed E-state index contributed by atoms with van der Waals surface area (Å²) in [5.41, 5.74) is 5.83. The number of amides is 2. The number of rotatable bonds is 1. The number of benzene rings is 1. The average molecular weight is 366 g/mol. The second-order valence-corrected chi connectivity index (χ2v) is 6.77. The van der Waals surface area contributed by atoms with Crippen LogP contribution in [0.25, 0.3) is 5.69 Å². The second-order valence-electron chi connectivity index (χ2n) is 6.77. The summed E-state index contributed by atoms with van der Waals surface area (Å²) in [6.45, 7) is 2.26. The largest absolute Gasteiger partial charge is 0.491 e. The lowest BCUT2D eigenvalue weighted by molar-refractivity contribution is -0.130. The summed E-state index contributed by atoms with van der Waals surface area (Å²) in [4.78, 5) is 23.3. The molecule has 3 heterocycles. The van der Waals surface area contributed by atoms with Crippen molar-refractivity contribution in [3.05, 3.63) is 41.2 Å². The van der Waals surface area contributed by atoms with Gasteiger partial charge in [-0.25, -0.2) is 4.68 Å². The number of ether oxygens (including phenoxy) is 1. The van der Waals surface area contributed by atoms with Crippen LogP contribution < -0.4 is 15.8 Å². The van der Waals surface area contributed by atoms with E-state index in [1.54, 1.807) is 28.9 Å². The van der Waals surface area contributed by atoms with E-state index in [4.69, 9.17) is 10.5 Å². The maximum Gasteiger partial charge on any atom is 0.269 e. The number of carbonyl (C=O) groups is 2. The maximum absolute atomic E-state index is 11.9. The fourth-order valence-corrected chi connectivity index (χ4v) is 3.29. The van der Waals surface area contributed by atoms with E-state index in [2.05, 4.69) is 22.3 Å². The molecule has 4 rings (SSSR count). The number of aromatic nitrogens is 2. The Kier molecular flexibility index (Phi) is 3.89. The van der Waals surface area contributed by atoms with Crippen LogP contribution in [0.1, 0.15) is 35.1 Å². The second kappa shape index (κ2) is 6.14. The Labute approximate surface area is 155 Å². The summed E-state index contributed by atoms with van der Waals surface area (Å²) in [7, 11) is 0. The molecule has 2 aliphatic heterocycles. The minimum absolute atomic E-state index is 0.129. The van der Waals surface area contributed by atoms with E-state index in [1.165, 1.54) is 0 Å². The molecular weight excluding hydrogens is 348 g/mol. The predicted molar refractivity (Wildman–Crippen MR) is 95.3 cm³/mol. The molecule has 0 aliphatic carbocycles. The van der Waals surface area contributed by atoms with Gasteiger partial charge in [-0.05, 0) is 31.2 Å². The number of nitrogens with one attached hydrogen (secondary N) is 1. The van der Waals surface area contributed by atoms with Crippen molar-refractivity contribution >= 4 is 11.8 Å². The zero-order valence-corrected chi connectivity index (χ0v) is 14.7. The summed E-state index contributed by atoms with van der Waals surface area (Å²) in [5, 5.41) is 17.3. The Morgan fingerprint density at radius 3 is 3.00 bits per heavy atom. The number of nitrogens with zero attached hydrogens (tertiary/aromatic N) is 2. The van der Waals surface area contributed by atoms with Crippen molar-refractivity contribution in [3.8, 4) is 23.3 Å². The van der Waals surface area contributed by atoms with Gasteiger partial charge in [-0.1, -0.05) is 11.8 Å². The zero-order valence-electron chi connectivity index (χ0n) is 14.7. The molecule has 8 heteroatoms. The standard InChI is InChI=1S/C19H18N4O4/c1-11-10-19(26,18(25)21-11)6-4-12-2-3-16-15(8-12)23-13(5-7-27-16)9-14(22-23)17(20)24/h2-3,8-9,11,26H,5,7,10H2,1H3,(H2,20,24)(H,21,25). The van der Waals surface area contributed by atoms with Gasteiger partial charge in [-0.2, -0.15) is 5.10 Å². The van der Waals surface area contributed by atoms with Crippen LogP contribution in [-0.4, -0.2) is 45.0 Å². The van der Waals surface area contributed by atoms with Crippen LogP contribution in [0.15, 0.2) is 24.3 Å². The van der Waals surface area contributed by atoms with Crippen LogP contribution in [-0.2, 0) is 11.2 Å². The molecule has 8 nitrogen and oxygen atoms in total. The molecule has 4 N–H and O–H groups in total. The Hall–Kier alpha value is -3.31. The van der Waals surface area contributed by atoms with Crippen molar-refractivity contribution in [3.63, 3.8) is 0 Å². The van der Waals surface area contributed by atoms with Crippen molar-refractivity contribution in [2.75, 3.05) is 6.61 Å². The summed E-state index contributed by atoms with van der Waals surface area (Å²) < 4.78 is 7.35. The van der Waals surface area contributed by atoms with Crippen molar-refractivity contribution in [1.82, 2.24) is 15.1 Å². The Bertz CT molecular complexity index is 1020. The molecule has 1 aromatic heterocycles. The van der Waals surface area contributed by atoms with Gasteiger partial charge in [0.05, 0.1) is 6.61 Å². The van der Waals surface area contributed by atoms with Gasteiger partial charge in [0.1, 0.15) is 11.4 Å². The molecule has 1 aromatic carbocycles. The summed E-state index contributed by atoms with van der Waals surface area (Å²) >= 11 is 0.